The molecule has 36 heavy (non-hydrogen) atoms. The van der Waals surface area contributed by atoms with E-state index in [1.165, 1.54) is 12.3 Å². The maximum atomic E-state index is 12.9. The number of pyridine rings is 1. The van der Waals surface area contributed by atoms with E-state index in [0.29, 0.717) is 33.8 Å². The van der Waals surface area contributed by atoms with E-state index in [1.807, 2.05) is 0 Å². The van der Waals surface area contributed by atoms with Crippen LogP contribution >= 0.6 is 0 Å². The lowest BCUT2D eigenvalue weighted by Crippen LogP contribution is -2.47. The molecule has 0 bridgehead atoms. The van der Waals surface area contributed by atoms with Crippen LogP contribution in [-0.4, -0.2) is 39.0 Å². The van der Waals surface area contributed by atoms with Crippen LogP contribution in [0.2, 0.25) is 16.6 Å². The Hall–Kier alpha value is -2.76. The van der Waals surface area contributed by atoms with E-state index < -0.39 is 18.2 Å². The Balaban J connectivity index is 1.78. The summed E-state index contributed by atoms with van der Waals surface area (Å²) >= 11 is 0. The Bertz CT molecular complexity index is 1250. The van der Waals surface area contributed by atoms with E-state index in [4.69, 9.17) is 19.3 Å². The monoisotopic (exact) mass is 532 g/mol. The molecule has 9 nitrogen and oxygen atoms in total. The first-order valence-electron chi connectivity index (χ1n) is 12.0. The normalized spacial score (nSPS) is 12.6. The van der Waals surface area contributed by atoms with Crippen molar-refractivity contribution in [2.45, 2.75) is 75.4 Å². The van der Waals surface area contributed by atoms with Crippen LogP contribution in [0.1, 0.15) is 53.0 Å². The Morgan fingerprint density at radius 2 is 1.61 bits per heavy atom. The summed E-state index contributed by atoms with van der Waals surface area (Å²) in [5, 5.41) is 8.19. The van der Waals surface area contributed by atoms with Crippen molar-refractivity contribution in [2.24, 2.45) is 0 Å². The molecule has 0 unspecified atom stereocenters. The average Bonchev–Trinajstić information content (AvgIpc) is 3.27. The second-order valence-corrected chi connectivity index (χ2v) is 17.3. The Labute approximate surface area is 214 Å². The van der Waals surface area contributed by atoms with E-state index in [-0.39, 0.29) is 34.5 Å². The summed E-state index contributed by atoms with van der Waals surface area (Å²) < 4.78 is 43.3. The first-order valence-corrected chi connectivity index (χ1v) is 15.8. The molecule has 0 aliphatic rings. The molecule has 196 valence electrons. The van der Waals surface area contributed by atoms with Crippen LogP contribution in [0, 0.1) is 0 Å². The third-order valence-corrected chi connectivity index (χ3v) is 14.3. The molecule has 0 amide bonds. The van der Waals surface area contributed by atoms with E-state index in [2.05, 4.69) is 56.7 Å². The molecule has 3 rings (SSSR count). The fourth-order valence-electron chi connectivity index (χ4n) is 4.93. The number of hydrogen-bond donors (Lipinski definition) is 1. The molecule has 0 aliphatic heterocycles. The number of methoxy groups -OCH3 is 1. The number of sulfone groups is 1. The number of hydrogen-bond acceptors (Lipinski definition) is 9. The first kappa shape index (κ1) is 27.8. The number of ether oxygens (including phenoxy) is 1. The van der Waals surface area contributed by atoms with Crippen molar-refractivity contribution in [3.63, 3.8) is 0 Å². The topological polar surface area (TPSA) is 130 Å². The van der Waals surface area contributed by atoms with Gasteiger partial charge < -0.3 is 19.3 Å². The molecule has 2 heterocycles. The van der Waals surface area contributed by atoms with Gasteiger partial charge >= 0.3 is 0 Å². The average molecular weight is 533 g/mol. The molecule has 0 radical (unpaired) electrons. The van der Waals surface area contributed by atoms with Gasteiger partial charge in [0.05, 0.1) is 23.4 Å². The summed E-state index contributed by atoms with van der Waals surface area (Å²) in [6, 6.07) is 8.22. The molecule has 1 aromatic carbocycles. The molecule has 0 atom stereocenters. The number of benzene rings is 1. The number of nitrogen functional groups attached to an aromatic ring is 1. The minimum absolute atomic E-state index is 0.0178. The standard InChI is InChI=1S/C25H36N4O5SSi/c1-16(2)36(17(3)4,18(5)6)33-14-23-28-29-25(34-23)24-22(26)12-21(13-27-24)35(30,31)15-19-8-10-20(32-7)11-9-19/h8-13,16-18H,14-15,26H2,1-7H3. The zero-order valence-corrected chi connectivity index (χ0v) is 23.8. The second kappa shape index (κ2) is 11.1. The van der Waals surface area contributed by atoms with E-state index >= 15 is 0 Å². The molecule has 0 aliphatic carbocycles. The van der Waals surface area contributed by atoms with E-state index in [0.717, 1.165) is 0 Å². The summed E-state index contributed by atoms with van der Waals surface area (Å²) in [5.41, 5.74) is 8.42. The minimum atomic E-state index is -3.66. The fraction of sp³-hybridized carbons (Fsp3) is 0.480. The van der Waals surface area contributed by atoms with E-state index in [1.54, 1.807) is 31.4 Å². The molecule has 11 heteroatoms. The summed E-state index contributed by atoms with van der Waals surface area (Å²) in [6.07, 6.45) is 1.26. The van der Waals surface area contributed by atoms with Crippen molar-refractivity contribution in [1.29, 1.82) is 0 Å². The Morgan fingerprint density at radius 3 is 2.14 bits per heavy atom. The summed E-state index contributed by atoms with van der Waals surface area (Å²) in [5.74, 6) is 0.922. The van der Waals surface area contributed by atoms with Gasteiger partial charge in [0.1, 0.15) is 12.4 Å². The van der Waals surface area contributed by atoms with E-state index in [9.17, 15) is 8.42 Å². The van der Waals surface area contributed by atoms with Crippen LogP contribution in [0.15, 0.2) is 45.8 Å². The number of anilines is 1. The van der Waals surface area contributed by atoms with Crippen LogP contribution in [0.25, 0.3) is 11.6 Å². The lowest BCUT2D eigenvalue weighted by atomic mass is 10.2. The van der Waals surface area contributed by atoms with Gasteiger partial charge in [0.15, 0.2) is 15.5 Å². The molecule has 0 saturated carbocycles. The van der Waals surface area contributed by atoms with Gasteiger partial charge in [0.25, 0.3) is 5.89 Å². The second-order valence-electron chi connectivity index (χ2n) is 9.82. The van der Waals surface area contributed by atoms with Gasteiger partial charge in [-0.1, -0.05) is 53.7 Å². The predicted octanol–water partition coefficient (Wildman–Crippen LogP) is 5.39. The van der Waals surface area contributed by atoms with Crippen molar-refractivity contribution in [3.8, 4) is 17.3 Å². The van der Waals surface area contributed by atoms with Crippen LogP contribution in [0.5, 0.6) is 5.75 Å². The fourth-order valence-corrected chi connectivity index (χ4v) is 11.6. The molecular formula is C25H36N4O5SSi. The quantitative estimate of drug-likeness (QED) is 0.323. The summed E-state index contributed by atoms with van der Waals surface area (Å²) in [7, 11) is -4.21. The van der Waals surface area contributed by atoms with Gasteiger partial charge in [-0.2, -0.15) is 0 Å². The smallest absolute Gasteiger partial charge is 0.268 e. The molecule has 0 saturated heterocycles. The number of nitrogens with zero attached hydrogens (tertiary/aromatic N) is 3. The SMILES string of the molecule is COc1ccc(CS(=O)(=O)c2cnc(-c3nnc(CO[Si](C(C)C)(C(C)C)C(C)C)o3)c(N)c2)cc1. The highest BCUT2D eigenvalue weighted by Crippen LogP contribution is 2.42. The number of aromatic nitrogens is 3. The van der Waals surface area contributed by atoms with Crippen LogP contribution < -0.4 is 10.5 Å². The number of nitrogens with two attached hydrogens (primary N) is 1. The lowest BCUT2D eigenvalue weighted by Gasteiger charge is -2.41. The molecule has 0 spiro atoms. The highest BCUT2D eigenvalue weighted by Gasteiger charge is 2.45. The zero-order valence-electron chi connectivity index (χ0n) is 22.0. The third kappa shape index (κ3) is 5.79. The van der Waals surface area contributed by atoms with Gasteiger partial charge in [0, 0.05) is 6.20 Å². The largest absolute Gasteiger partial charge is 0.497 e. The molecule has 0 fully saturated rings. The molecular weight excluding hydrogens is 496 g/mol. The van der Waals surface area contributed by atoms with Gasteiger partial charge in [-0.25, -0.2) is 13.4 Å². The minimum Gasteiger partial charge on any atom is -0.497 e. The van der Waals surface area contributed by atoms with Crippen LogP contribution in [0.4, 0.5) is 5.69 Å². The highest BCUT2D eigenvalue weighted by molar-refractivity contribution is 7.90. The molecule has 3 aromatic rings. The number of rotatable bonds is 11. The van der Waals surface area contributed by atoms with Crippen LogP contribution in [-0.2, 0) is 26.6 Å². The van der Waals surface area contributed by atoms with Gasteiger partial charge in [-0.3, -0.25) is 0 Å². The Kier molecular flexibility index (Phi) is 8.58. The zero-order chi connectivity index (χ0) is 26.7. The third-order valence-electron chi connectivity index (χ3n) is 6.59. The van der Waals surface area contributed by atoms with Gasteiger partial charge in [-0.15, -0.1) is 10.2 Å². The van der Waals surface area contributed by atoms with Crippen molar-refractivity contribution in [2.75, 3.05) is 12.8 Å². The maximum absolute atomic E-state index is 12.9. The maximum Gasteiger partial charge on any atom is 0.268 e. The Morgan fingerprint density at radius 1 is 1.00 bits per heavy atom. The summed E-state index contributed by atoms with van der Waals surface area (Å²) in [4.78, 5) is 4.26. The van der Waals surface area contributed by atoms with Crippen molar-refractivity contribution < 1.29 is 22.0 Å². The van der Waals surface area contributed by atoms with Crippen molar-refractivity contribution in [3.05, 3.63) is 48.0 Å². The lowest BCUT2D eigenvalue weighted by molar-refractivity contribution is 0.232. The molecule has 2 N–H and O–H groups in total. The molecule has 2 aromatic heterocycles. The predicted molar refractivity (Wildman–Crippen MR) is 142 cm³/mol. The van der Waals surface area contributed by atoms with Crippen LogP contribution in [0.3, 0.4) is 0 Å². The van der Waals surface area contributed by atoms with Gasteiger partial charge in [0.2, 0.25) is 14.2 Å². The highest BCUT2D eigenvalue weighted by atomic mass is 32.2. The first-order chi connectivity index (χ1) is 16.9. The van der Waals surface area contributed by atoms with Crippen molar-refractivity contribution >= 4 is 23.8 Å². The summed E-state index contributed by atoms with van der Waals surface area (Å²) in [6.45, 7) is 13.5. The van der Waals surface area contributed by atoms with Gasteiger partial charge in [-0.05, 0) is 40.4 Å². The van der Waals surface area contributed by atoms with Crippen molar-refractivity contribution in [1.82, 2.24) is 15.2 Å².